The summed E-state index contributed by atoms with van der Waals surface area (Å²) in [5, 5.41) is 2.54. The molecule has 0 fully saturated rings. The van der Waals surface area contributed by atoms with E-state index in [1.807, 2.05) is 0 Å². The first-order valence-corrected chi connectivity index (χ1v) is 6.05. The van der Waals surface area contributed by atoms with Crippen LogP contribution < -0.4 is 11.1 Å². The summed E-state index contributed by atoms with van der Waals surface area (Å²) in [6, 6.07) is 4.19. The van der Waals surface area contributed by atoms with Gasteiger partial charge in [0.2, 0.25) is 0 Å². The number of rotatable bonds is 4. The highest BCUT2D eigenvalue weighted by molar-refractivity contribution is 5.91. The van der Waals surface area contributed by atoms with Crippen molar-refractivity contribution in [2.75, 3.05) is 18.2 Å². The van der Waals surface area contributed by atoms with Gasteiger partial charge in [-0.3, -0.25) is 0 Å². The largest absolute Gasteiger partial charge is 0.467 e. The summed E-state index contributed by atoms with van der Waals surface area (Å²) in [7, 11) is 0.962. The minimum Gasteiger partial charge on any atom is -0.467 e. The number of nitrogens with zero attached hydrogens (tertiary/aromatic N) is 1. The quantitative estimate of drug-likeness (QED) is 0.843. The van der Waals surface area contributed by atoms with Crippen LogP contribution in [-0.4, -0.2) is 18.1 Å². The van der Waals surface area contributed by atoms with Gasteiger partial charge < -0.3 is 20.2 Å². The summed E-state index contributed by atoms with van der Waals surface area (Å²) in [5.74, 6) is -1.04. The molecule has 0 aliphatic rings. The number of carbonyl (C=O) groups is 1. The van der Waals surface area contributed by atoms with Crippen LogP contribution in [0.4, 0.5) is 24.7 Å². The summed E-state index contributed by atoms with van der Waals surface area (Å²) in [4.78, 5) is 15.0. The number of carbonyl (C=O) groups excluding carboxylic acids is 1. The molecule has 0 aromatic carbocycles. The molecule has 118 valence electrons. The minimum absolute atomic E-state index is 0.0137. The Morgan fingerprint density at radius 2 is 2.23 bits per heavy atom. The van der Waals surface area contributed by atoms with Gasteiger partial charge in [0.05, 0.1) is 25.6 Å². The molecule has 0 spiro atoms. The zero-order chi connectivity index (χ0) is 16.3. The molecule has 9 heteroatoms. The highest BCUT2D eigenvalue weighted by Gasteiger charge is 2.40. The molecule has 0 radical (unpaired) electrons. The molecule has 0 amide bonds. The molecule has 2 rings (SSSR count). The Bertz CT molecular complexity index is 669. The summed E-state index contributed by atoms with van der Waals surface area (Å²) < 4.78 is 49.1. The van der Waals surface area contributed by atoms with Crippen LogP contribution in [0, 0.1) is 0 Å². The standard InChI is InChI=1S/C13H12F3N3O3/c1-21-12(20)11-10(13(14,15)16)8(5-9(17)19-11)18-6-7-3-2-4-22-7/h2-5H,6H2,1H3,(H3,17,18,19). The number of nitrogen functional groups attached to an aromatic ring is 1. The number of hydrogen-bond donors (Lipinski definition) is 2. The van der Waals surface area contributed by atoms with Crippen molar-refractivity contribution in [1.82, 2.24) is 4.98 Å². The Hall–Kier alpha value is -2.71. The molecule has 2 aromatic rings. The predicted molar refractivity (Wildman–Crippen MR) is 71.0 cm³/mol. The van der Waals surface area contributed by atoms with Crippen LogP contribution >= 0.6 is 0 Å². The third-order valence-corrected chi connectivity index (χ3v) is 2.73. The van der Waals surface area contributed by atoms with E-state index in [1.54, 1.807) is 12.1 Å². The van der Waals surface area contributed by atoms with Crippen molar-refractivity contribution in [1.29, 1.82) is 0 Å². The smallest absolute Gasteiger partial charge is 0.420 e. The predicted octanol–water partition coefficient (Wildman–Crippen LogP) is 2.67. The Balaban J connectivity index is 2.46. The number of pyridine rings is 1. The molecular formula is C13H12F3N3O3. The van der Waals surface area contributed by atoms with Crippen LogP contribution in [-0.2, 0) is 17.5 Å². The number of ether oxygens (including phenoxy) is 1. The summed E-state index contributed by atoms with van der Waals surface area (Å²) in [6.45, 7) is -0.0137. The van der Waals surface area contributed by atoms with Gasteiger partial charge in [0.1, 0.15) is 17.1 Å². The number of halogens is 3. The fourth-order valence-corrected chi connectivity index (χ4v) is 1.83. The average molecular weight is 315 g/mol. The van der Waals surface area contributed by atoms with Crippen LogP contribution in [0.15, 0.2) is 28.9 Å². The highest BCUT2D eigenvalue weighted by atomic mass is 19.4. The fraction of sp³-hybridized carbons (Fsp3) is 0.231. The van der Waals surface area contributed by atoms with Crippen LogP contribution in [0.1, 0.15) is 21.8 Å². The second-order valence-corrected chi connectivity index (χ2v) is 4.24. The molecule has 6 nitrogen and oxygen atoms in total. The zero-order valence-electron chi connectivity index (χ0n) is 11.4. The van der Waals surface area contributed by atoms with E-state index in [2.05, 4.69) is 15.0 Å². The van der Waals surface area contributed by atoms with Gasteiger partial charge in [-0.05, 0) is 12.1 Å². The SMILES string of the molecule is COC(=O)c1nc(N)cc(NCc2ccco2)c1C(F)(F)F. The first-order valence-electron chi connectivity index (χ1n) is 6.05. The van der Waals surface area contributed by atoms with E-state index in [0.29, 0.717) is 5.76 Å². The topological polar surface area (TPSA) is 90.4 Å². The number of anilines is 2. The number of aromatic nitrogens is 1. The lowest BCUT2D eigenvalue weighted by atomic mass is 10.1. The van der Waals surface area contributed by atoms with Gasteiger partial charge in [-0.2, -0.15) is 13.2 Å². The number of alkyl halides is 3. The number of nitrogens with one attached hydrogen (secondary N) is 1. The van der Waals surface area contributed by atoms with Gasteiger partial charge in [-0.25, -0.2) is 9.78 Å². The lowest BCUT2D eigenvalue weighted by Crippen LogP contribution is -2.20. The maximum atomic E-state index is 13.3. The van der Waals surface area contributed by atoms with Crippen molar-refractivity contribution in [2.45, 2.75) is 12.7 Å². The summed E-state index contributed by atoms with van der Waals surface area (Å²) in [6.07, 6.45) is -3.42. The van der Waals surface area contributed by atoms with Crippen molar-refractivity contribution in [3.05, 3.63) is 41.5 Å². The minimum atomic E-state index is -4.81. The number of methoxy groups -OCH3 is 1. The summed E-state index contributed by atoms with van der Waals surface area (Å²) in [5.41, 5.74) is 2.96. The van der Waals surface area contributed by atoms with Crippen LogP contribution in [0.3, 0.4) is 0 Å². The third-order valence-electron chi connectivity index (χ3n) is 2.73. The molecule has 0 bridgehead atoms. The molecule has 0 unspecified atom stereocenters. The zero-order valence-corrected chi connectivity index (χ0v) is 11.4. The van der Waals surface area contributed by atoms with E-state index in [9.17, 15) is 18.0 Å². The maximum Gasteiger partial charge on any atom is 0.420 e. The highest BCUT2D eigenvalue weighted by Crippen LogP contribution is 2.38. The molecule has 0 aliphatic carbocycles. The van der Waals surface area contributed by atoms with Crippen molar-refractivity contribution in [2.24, 2.45) is 0 Å². The first-order chi connectivity index (χ1) is 10.3. The Labute approximate surface area is 123 Å². The number of nitrogens with two attached hydrogens (primary N) is 1. The molecule has 0 atom stereocenters. The van der Waals surface area contributed by atoms with Gasteiger partial charge >= 0.3 is 12.1 Å². The lowest BCUT2D eigenvalue weighted by molar-refractivity contribution is -0.137. The molecule has 2 heterocycles. The molecule has 3 N–H and O–H groups in total. The average Bonchev–Trinajstić information content (AvgIpc) is 2.95. The monoisotopic (exact) mass is 315 g/mol. The van der Waals surface area contributed by atoms with E-state index in [4.69, 9.17) is 10.2 Å². The number of furan rings is 1. The van der Waals surface area contributed by atoms with Crippen LogP contribution in [0.25, 0.3) is 0 Å². The third kappa shape index (κ3) is 3.30. The molecule has 0 saturated carbocycles. The summed E-state index contributed by atoms with van der Waals surface area (Å²) >= 11 is 0. The second kappa shape index (κ2) is 5.96. The van der Waals surface area contributed by atoms with Crippen molar-refractivity contribution in [3.63, 3.8) is 0 Å². The van der Waals surface area contributed by atoms with Gasteiger partial charge in [-0.15, -0.1) is 0 Å². The van der Waals surface area contributed by atoms with Crippen molar-refractivity contribution in [3.8, 4) is 0 Å². The van der Waals surface area contributed by atoms with Crippen molar-refractivity contribution < 1.29 is 27.1 Å². The van der Waals surface area contributed by atoms with E-state index >= 15 is 0 Å². The van der Waals surface area contributed by atoms with E-state index < -0.39 is 23.4 Å². The normalized spacial score (nSPS) is 11.3. The Kier molecular flexibility index (Phi) is 4.25. The molecule has 0 saturated heterocycles. The Morgan fingerprint density at radius 1 is 1.50 bits per heavy atom. The van der Waals surface area contributed by atoms with Gasteiger partial charge in [0.15, 0.2) is 5.69 Å². The van der Waals surface area contributed by atoms with Gasteiger partial charge in [0, 0.05) is 6.07 Å². The van der Waals surface area contributed by atoms with E-state index in [0.717, 1.165) is 13.2 Å². The van der Waals surface area contributed by atoms with Crippen LogP contribution in [0.2, 0.25) is 0 Å². The van der Waals surface area contributed by atoms with E-state index in [1.165, 1.54) is 6.26 Å². The second-order valence-electron chi connectivity index (χ2n) is 4.24. The van der Waals surface area contributed by atoms with Crippen molar-refractivity contribution >= 4 is 17.5 Å². The molecule has 22 heavy (non-hydrogen) atoms. The van der Waals surface area contributed by atoms with E-state index in [-0.39, 0.29) is 18.1 Å². The molecule has 0 aliphatic heterocycles. The first kappa shape index (κ1) is 15.7. The Morgan fingerprint density at radius 3 is 2.77 bits per heavy atom. The number of hydrogen-bond acceptors (Lipinski definition) is 6. The lowest BCUT2D eigenvalue weighted by Gasteiger charge is -2.17. The van der Waals surface area contributed by atoms with Crippen LogP contribution in [0.5, 0.6) is 0 Å². The fourth-order valence-electron chi connectivity index (χ4n) is 1.83. The maximum absolute atomic E-state index is 13.3. The van der Waals surface area contributed by atoms with Gasteiger partial charge in [-0.1, -0.05) is 0 Å². The number of esters is 1. The molecular weight excluding hydrogens is 303 g/mol. The molecule has 2 aromatic heterocycles. The van der Waals surface area contributed by atoms with Gasteiger partial charge in [0.25, 0.3) is 0 Å².